The summed E-state index contributed by atoms with van der Waals surface area (Å²) in [6.07, 6.45) is -0.177. The van der Waals surface area contributed by atoms with E-state index >= 15 is 0 Å². The van der Waals surface area contributed by atoms with Crippen LogP contribution in [0, 0.1) is 0 Å². The van der Waals surface area contributed by atoms with E-state index in [1.807, 2.05) is 13.8 Å². The van der Waals surface area contributed by atoms with E-state index < -0.39 is 0 Å². The number of hydrogen-bond acceptors (Lipinski definition) is 6. The number of aromatic nitrogens is 2. The van der Waals surface area contributed by atoms with E-state index in [0.29, 0.717) is 30.8 Å². The van der Waals surface area contributed by atoms with Crippen molar-refractivity contribution in [1.82, 2.24) is 25.3 Å². The number of guanidine groups is 1. The highest BCUT2D eigenvalue weighted by Gasteiger charge is 2.20. The molecule has 8 nitrogen and oxygen atoms in total. The van der Waals surface area contributed by atoms with Crippen LogP contribution in [0.4, 0.5) is 0 Å². The first-order valence-corrected chi connectivity index (χ1v) is 11.8. The van der Waals surface area contributed by atoms with Crippen molar-refractivity contribution in [2.24, 2.45) is 4.99 Å². The van der Waals surface area contributed by atoms with Crippen LogP contribution >= 0.6 is 0 Å². The maximum Gasteiger partial charge on any atom is 0.248 e. The topological polar surface area (TPSA) is 79.0 Å². The Morgan fingerprint density at radius 3 is 2.47 bits per heavy atom. The molecule has 0 aliphatic carbocycles. The first-order chi connectivity index (χ1) is 15.5. The monoisotopic (exact) mass is 442 g/mol. The fraction of sp³-hybridized carbons (Fsp3) is 0.625. The quantitative estimate of drug-likeness (QED) is 0.470. The Morgan fingerprint density at radius 2 is 1.84 bits per heavy atom. The van der Waals surface area contributed by atoms with Crippen LogP contribution in [0.5, 0.6) is 0 Å². The summed E-state index contributed by atoms with van der Waals surface area (Å²) in [6, 6.07) is 9.03. The average Bonchev–Trinajstić information content (AvgIpc) is 3.27. The van der Waals surface area contributed by atoms with Gasteiger partial charge < -0.3 is 19.5 Å². The lowest BCUT2D eigenvalue weighted by Gasteiger charge is -2.36. The van der Waals surface area contributed by atoms with Crippen molar-refractivity contribution in [2.75, 3.05) is 39.3 Å². The minimum Gasteiger partial charge on any atom is -0.371 e. The Labute approximate surface area is 192 Å². The van der Waals surface area contributed by atoms with Crippen molar-refractivity contribution < 1.29 is 9.26 Å². The number of hydrogen-bond donors (Lipinski definition) is 1. The molecule has 1 atom stereocenters. The van der Waals surface area contributed by atoms with E-state index in [9.17, 15) is 0 Å². The van der Waals surface area contributed by atoms with E-state index in [1.54, 1.807) is 0 Å². The van der Waals surface area contributed by atoms with E-state index in [2.05, 4.69) is 70.3 Å². The average molecular weight is 443 g/mol. The Morgan fingerprint density at radius 1 is 1.12 bits per heavy atom. The lowest BCUT2D eigenvalue weighted by atomic mass is 10.0. The van der Waals surface area contributed by atoms with Gasteiger partial charge in [0.05, 0.1) is 0 Å². The number of benzene rings is 1. The summed E-state index contributed by atoms with van der Waals surface area (Å²) >= 11 is 0. The third kappa shape index (κ3) is 6.77. The van der Waals surface area contributed by atoms with Gasteiger partial charge >= 0.3 is 0 Å². The molecule has 8 heteroatoms. The van der Waals surface area contributed by atoms with Gasteiger partial charge in [-0.2, -0.15) is 4.98 Å². The SMILES string of the molecule is CCNC(=NCc1nc(C(C)OCC)no1)N1CCN(Cc2ccc(C(C)C)cc2)CC1. The Hall–Kier alpha value is -2.45. The highest BCUT2D eigenvalue weighted by molar-refractivity contribution is 5.80. The molecule has 1 fully saturated rings. The van der Waals surface area contributed by atoms with Crippen LogP contribution in [-0.4, -0.2) is 65.2 Å². The zero-order chi connectivity index (χ0) is 22.9. The van der Waals surface area contributed by atoms with Gasteiger partial charge in [-0.25, -0.2) is 4.99 Å². The highest BCUT2D eigenvalue weighted by atomic mass is 16.5. The van der Waals surface area contributed by atoms with Crippen LogP contribution in [-0.2, 0) is 17.8 Å². The van der Waals surface area contributed by atoms with Gasteiger partial charge in [-0.05, 0) is 37.8 Å². The second-order valence-electron chi connectivity index (χ2n) is 8.47. The number of piperazine rings is 1. The fourth-order valence-corrected chi connectivity index (χ4v) is 3.77. The number of rotatable bonds is 9. The first kappa shape index (κ1) is 24.2. The molecule has 0 radical (unpaired) electrons. The lowest BCUT2D eigenvalue weighted by molar-refractivity contribution is 0.0683. The second-order valence-corrected chi connectivity index (χ2v) is 8.47. The minimum absolute atomic E-state index is 0.177. The fourth-order valence-electron chi connectivity index (χ4n) is 3.77. The molecule has 0 amide bonds. The van der Waals surface area contributed by atoms with Crippen molar-refractivity contribution in [3.63, 3.8) is 0 Å². The van der Waals surface area contributed by atoms with Gasteiger partial charge in [0.25, 0.3) is 0 Å². The van der Waals surface area contributed by atoms with Crippen LogP contribution in [0.25, 0.3) is 0 Å². The molecule has 1 aromatic heterocycles. The largest absolute Gasteiger partial charge is 0.371 e. The van der Waals surface area contributed by atoms with Crippen LogP contribution in [0.3, 0.4) is 0 Å². The summed E-state index contributed by atoms with van der Waals surface area (Å²) < 4.78 is 10.9. The molecule has 2 heterocycles. The van der Waals surface area contributed by atoms with E-state index in [-0.39, 0.29) is 6.10 Å². The first-order valence-electron chi connectivity index (χ1n) is 11.8. The van der Waals surface area contributed by atoms with Gasteiger partial charge in [-0.3, -0.25) is 4.90 Å². The van der Waals surface area contributed by atoms with Gasteiger partial charge in [-0.15, -0.1) is 0 Å². The summed E-state index contributed by atoms with van der Waals surface area (Å²) in [4.78, 5) is 14.0. The van der Waals surface area contributed by atoms with Crippen molar-refractivity contribution in [1.29, 1.82) is 0 Å². The van der Waals surface area contributed by atoms with Crippen LogP contribution in [0.1, 0.15) is 69.5 Å². The second kappa shape index (κ2) is 12.0. The lowest BCUT2D eigenvalue weighted by Crippen LogP contribution is -2.52. The van der Waals surface area contributed by atoms with E-state index in [1.165, 1.54) is 11.1 Å². The normalized spacial score (nSPS) is 16.6. The maximum atomic E-state index is 5.52. The zero-order valence-corrected chi connectivity index (χ0v) is 20.2. The van der Waals surface area contributed by atoms with Gasteiger partial charge in [0.1, 0.15) is 12.6 Å². The van der Waals surface area contributed by atoms with Crippen LogP contribution in [0.2, 0.25) is 0 Å². The number of ether oxygens (including phenoxy) is 1. The standard InChI is InChI=1S/C24H38N6O2/c1-6-25-24(26-16-22-27-23(28-32-22)19(5)31-7-2)30-14-12-29(13-15-30)17-20-8-10-21(11-9-20)18(3)4/h8-11,18-19H,6-7,12-17H2,1-5H3,(H,25,26). The summed E-state index contributed by atoms with van der Waals surface area (Å²) in [5.41, 5.74) is 2.77. The third-order valence-corrected chi connectivity index (χ3v) is 5.69. The van der Waals surface area contributed by atoms with Crippen molar-refractivity contribution in [3.8, 4) is 0 Å². The Bertz CT molecular complexity index is 840. The summed E-state index contributed by atoms with van der Waals surface area (Å²) in [7, 11) is 0. The summed E-state index contributed by atoms with van der Waals surface area (Å²) in [5, 5.41) is 7.41. The maximum absolute atomic E-state index is 5.52. The Balaban J connectivity index is 1.53. The summed E-state index contributed by atoms with van der Waals surface area (Å²) in [5.74, 6) is 2.54. The van der Waals surface area contributed by atoms with Gasteiger partial charge in [0, 0.05) is 45.9 Å². The van der Waals surface area contributed by atoms with Gasteiger partial charge in [0.15, 0.2) is 11.8 Å². The molecular weight excluding hydrogens is 404 g/mol. The molecule has 1 N–H and O–H groups in total. The molecule has 0 spiro atoms. The van der Waals surface area contributed by atoms with Gasteiger partial charge in [0.2, 0.25) is 5.89 Å². The number of aliphatic imine (C=N–C) groups is 1. The predicted octanol–water partition coefficient (Wildman–Crippen LogP) is 3.57. The van der Waals surface area contributed by atoms with Crippen LogP contribution in [0.15, 0.2) is 33.8 Å². The van der Waals surface area contributed by atoms with Crippen molar-refractivity contribution in [3.05, 3.63) is 47.1 Å². The molecule has 1 aromatic carbocycles. The predicted molar refractivity (Wildman–Crippen MR) is 127 cm³/mol. The summed E-state index contributed by atoms with van der Waals surface area (Å²) in [6.45, 7) is 17.1. The molecule has 1 aliphatic rings. The molecule has 1 saturated heterocycles. The minimum atomic E-state index is -0.177. The molecule has 176 valence electrons. The van der Waals surface area contributed by atoms with Crippen molar-refractivity contribution >= 4 is 5.96 Å². The molecule has 0 bridgehead atoms. The molecule has 0 saturated carbocycles. The number of nitrogens with one attached hydrogen (secondary N) is 1. The molecule has 32 heavy (non-hydrogen) atoms. The molecule has 2 aromatic rings. The smallest absolute Gasteiger partial charge is 0.248 e. The highest BCUT2D eigenvalue weighted by Crippen LogP contribution is 2.17. The molecular formula is C24H38N6O2. The molecule has 1 aliphatic heterocycles. The van der Waals surface area contributed by atoms with E-state index in [4.69, 9.17) is 14.3 Å². The zero-order valence-electron chi connectivity index (χ0n) is 20.2. The molecule has 3 rings (SSSR count). The Kier molecular flexibility index (Phi) is 9.05. The number of nitrogens with zero attached hydrogens (tertiary/aromatic N) is 5. The van der Waals surface area contributed by atoms with Crippen LogP contribution < -0.4 is 5.32 Å². The third-order valence-electron chi connectivity index (χ3n) is 5.69. The van der Waals surface area contributed by atoms with Crippen molar-refractivity contribution in [2.45, 2.75) is 59.7 Å². The van der Waals surface area contributed by atoms with E-state index in [0.717, 1.165) is 45.2 Å². The van der Waals surface area contributed by atoms with Gasteiger partial charge in [-0.1, -0.05) is 43.3 Å². The molecule has 1 unspecified atom stereocenters.